The Morgan fingerprint density at radius 3 is 1.93 bits per heavy atom. The SMILES string of the molecule is COc1ccc(F)cc1C(C)Oc1cc(B2OC(C)(C)C(C)(C)O2)cnc1N(C(=O)OC(C)(C)C)C(=O)OC(C)(C)C. The summed E-state index contributed by atoms with van der Waals surface area (Å²) in [6.45, 7) is 19.3. The van der Waals surface area contributed by atoms with Gasteiger partial charge in [-0.25, -0.2) is 19.0 Å². The molecule has 1 atom stereocenters. The van der Waals surface area contributed by atoms with Crippen molar-refractivity contribution in [3.8, 4) is 11.5 Å². The maximum atomic E-state index is 14.2. The minimum atomic E-state index is -1.02. The molecule has 42 heavy (non-hydrogen) atoms. The van der Waals surface area contributed by atoms with Crippen molar-refractivity contribution < 1.29 is 42.2 Å². The molecule has 0 aliphatic carbocycles. The van der Waals surface area contributed by atoms with Crippen molar-refractivity contribution >= 4 is 30.6 Å². The number of pyridine rings is 1. The zero-order valence-corrected chi connectivity index (χ0v) is 26.6. The van der Waals surface area contributed by atoms with Gasteiger partial charge in [0, 0.05) is 17.2 Å². The number of carbonyl (C=O) groups is 2. The summed E-state index contributed by atoms with van der Waals surface area (Å²) in [7, 11) is 0.636. The van der Waals surface area contributed by atoms with Gasteiger partial charge in [-0.15, -0.1) is 0 Å². The van der Waals surface area contributed by atoms with Crippen LogP contribution >= 0.6 is 0 Å². The first-order valence-electron chi connectivity index (χ1n) is 13.8. The van der Waals surface area contributed by atoms with Gasteiger partial charge in [0.05, 0.1) is 18.3 Å². The molecule has 12 heteroatoms. The second-order valence-corrected chi connectivity index (χ2v) is 13.1. The summed E-state index contributed by atoms with van der Waals surface area (Å²) < 4.78 is 49.4. The Labute approximate surface area is 247 Å². The Bertz CT molecular complexity index is 1280. The van der Waals surface area contributed by atoms with Crippen molar-refractivity contribution in [1.29, 1.82) is 0 Å². The smallest absolute Gasteiger partial charge is 0.496 e. The van der Waals surface area contributed by atoms with Crippen LogP contribution in [-0.2, 0) is 18.8 Å². The minimum absolute atomic E-state index is 0.00209. The van der Waals surface area contributed by atoms with Crippen LogP contribution in [0, 0.1) is 5.82 Å². The maximum Gasteiger partial charge on any atom is 0.496 e. The molecule has 1 unspecified atom stereocenters. The Balaban J connectivity index is 2.17. The molecule has 1 fully saturated rings. The molecular weight excluding hydrogens is 546 g/mol. The molecule has 230 valence electrons. The first-order chi connectivity index (χ1) is 19.1. The van der Waals surface area contributed by atoms with Gasteiger partial charge in [0.25, 0.3) is 0 Å². The number of carbonyl (C=O) groups excluding carboxylic acids is 2. The van der Waals surface area contributed by atoms with Crippen molar-refractivity contribution in [1.82, 2.24) is 4.98 Å². The van der Waals surface area contributed by atoms with Gasteiger partial charge in [-0.2, -0.15) is 4.90 Å². The van der Waals surface area contributed by atoms with E-state index in [0.29, 0.717) is 21.7 Å². The van der Waals surface area contributed by atoms with Crippen LogP contribution in [0.3, 0.4) is 0 Å². The molecule has 0 N–H and O–H groups in total. The molecule has 2 aromatic rings. The van der Waals surface area contributed by atoms with Gasteiger partial charge in [0.2, 0.25) is 0 Å². The number of nitrogens with zero attached hydrogens (tertiary/aromatic N) is 2. The second-order valence-electron chi connectivity index (χ2n) is 13.1. The Hall–Kier alpha value is -3.38. The van der Waals surface area contributed by atoms with Gasteiger partial charge in [0.1, 0.15) is 28.9 Å². The van der Waals surface area contributed by atoms with E-state index in [1.165, 1.54) is 31.5 Å². The first-order valence-corrected chi connectivity index (χ1v) is 13.8. The molecule has 0 radical (unpaired) electrons. The van der Waals surface area contributed by atoms with Gasteiger partial charge in [-0.05, 0) is 100 Å². The van der Waals surface area contributed by atoms with Crippen LogP contribution in [0.5, 0.6) is 11.5 Å². The lowest BCUT2D eigenvalue weighted by molar-refractivity contribution is 0.00578. The average molecular weight is 588 g/mol. The van der Waals surface area contributed by atoms with Crippen LogP contribution in [-0.4, -0.2) is 53.8 Å². The number of halogens is 1. The fourth-order valence-corrected chi connectivity index (χ4v) is 3.95. The highest BCUT2D eigenvalue weighted by molar-refractivity contribution is 6.62. The highest BCUT2D eigenvalue weighted by Gasteiger charge is 2.52. The van der Waals surface area contributed by atoms with Crippen molar-refractivity contribution in [2.75, 3.05) is 12.0 Å². The van der Waals surface area contributed by atoms with Crippen LogP contribution in [0.2, 0.25) is 0 Å². The van der Waals surface area contributed by atoms with Gasteiger partial charge in [0.15, 0.2) is 11.6 Å². The number of ether oxygens (including phenoxy) is 4. The third kappa shape index (κ3) is 7.71. The molecule has 10 nitrogen and oxygen atoms in total. The lowest BCUT2D eigenvalue weighted by atomic mass is 9.80. The van der Waals surface area contributed by atoms with Crippen molar-refractivity contribution in [3.05, 3.63) is 41.8 Å². The third-order valence-electron chi connectivity index (χ3n) is 6.68. The number of hydrogen-bond acceptors (Lipinski definition) is 9. The van der Waals surface area contributed by atoms with Gasteiger partial charge >= 0.3 is 19.3 Å². The number of benzene rings is 1. The molecule has 1 aliphatic heterocycles. The third-order valence-corrected chi connectivity index (χ3v) is 6.68. The topological polar surface area (TPSA) is 106 Å². The second kappa shape index (κ2) is 11.7. The first kappa shape index (κ1) is 33.1. The number of hydrogen-bond donors (Lipinski definition) is 0. The fourth-order valence-electron chi connectivity index (χ4n) is 3.95. The minimum Gasteiger partial charge on any atom is -0.496 e. The van der Waals surface area contributed by atoms with Crippen LogP contribution in [0.15, 0.2) is 30.5 Å². The number of anilines is 1. The Morgan fingerprint density at radius 1 is 0.929 bits per heavy atom. The summed E-state index contributed by atoms with van der Waals surface area (Å²) in [5.74, 6) is -0.301. The molecule has 0 saturated carbocycles. The largest absolute Gasteiger partial charge is 0.496 e. The lowest BCUT2D eigenvalue weighted by Crippen LogP contribution is -2.45. The molecule has 0 bridgehead atoms. The summed E-state index contributed by atoms with van der Waals surface area (Å²) in [6.07, 6.45) is -1.43. The monoisotopic (exact) mass is 588 g/mol. The lowest BCUT2D eigenvalue weighted by Gasteiger charge is -2.32. The van der Waals surface area contributed by atoms with E-state index in [-0.39, 0.29) is 11.6 Å². The normalized spacial score (nSPS) is 16.9. The number of methoxy groups -OCH3 is 1. The highest BCUT2D eigenvalue weighted by atomic mass is 19.1. The summed E-state index contributed by atoms with van der Waals surface area (Å²) in [5.41, 5.74) is -2.30. The number of amides is 2. The average Bonchev–Trinajstić information content (AvgIpc) is 3.04. The van der Waals surface area contributed by atoms with Crippen LogP contribution < -0.4 is 19.8 Å². The van der Waals surface area contributed by atoms with Crippen LogP contribution in [0.25, 0.3) is 0 Å². The zero-order chi connectivity index (χ0) is 31.8. The molecular formula is C30H42BFN2O8. The number of rotatable bonds is 6. The van der Waals surface area contributed by atoms with E-state index in [2.05, 4.69) is 4.98 Å². The molecule has 1 aromatic heterocycles. The predicted octanol–water partition coefficient (Wildman–Crippen LogP) is 6.35. The van der Waals surface area contributed by atoms with Gasteiger partial charge in [-0.3, -0.25) is 0 Å². The van der Waals surface area contributed by atoms with Crippen molar-refractivity contribution in [2.24, 2.45) is 0 Å². The summed E-state index contributed by atoms with van der Waals surface area (Å²) in [6, 6.07) is 5.61. The van der Waals surface area contributed by atoms with Crippen molar-refractivity contribution in [3.63, 3.8) is 0 Å². The number of imide groups is 1. The maximum absolute atomic E-state index is 14.2. The van der Waals surface area contributed by atoms with E-state index in [1.807, 2.05) is 27.7 Å². The molecule has 1 saturated heterocycles. The quantitative estimate of drug-likeness (QED) is 0.357. The summed E-state index contributed by atoms with van der Waals surface area (Å²) in [4.78, 5) is 32.0. The summed E-state index contributed by atoms with van der Waals surface area (Å²) in [5, 5.41) is 0. The molecule has 3 rings (SSSR count). The molecule has 1 aromatic carbocycles. The van der Waals surface area contributed by atoms with E-state index in [1.54, 1.807) is 54.5 Å². The van der Waals surface area contributed by atoms with E-state index in [9.17, 15) is 14.0 Å². The molecule has 1 aliphatic rings. The fraction of sp³-hybridized carbons (Fsp3) is 0.567. The highest BCUT2D eigenvalue weighted by Crippen LogP contribution is 2.38. The standard InChI is InChI=1S/C30H42BFN2O8/c1-18(21-16-20(32)13-14-22(21)37-12)38-23-15-19(31-41-29(8,9)30(10,11)42-31)17-33-24(23)34(25(35)39-27(2,3)4)26(36)40-28(5,6)7/h13-18H,1-12H3. The van der Waals surface area contributed by atoms with E-state index < -0.39 is 53.6 Å². The van der Waals surface area contributed by atoms with Crippen molar-refractivity contribution in [2.45, 2.75) is 105 Å². The van der Waals surface area contributed by atoms with E-state index >= 15 is 0 Å². The Kier molecular flexibility index (Phi) is 9.24. The molecule has 2 heterocycles. The predicted molar refractivity (Wildman–Crippen MR) is 157 cm³/mol. The van der Waals surface area contributed by atoms with Crippen LogP contribution in [0.4, 0.5) is 19.8 Å². The molecule has 0 spiro atoms. The zero-order valence-electron chi connectivity index (χ0n) is 26.6. The van der Waals surface area contributed by atoms with Crippen LogP contribution in [0.1, 0.15) is 87.8 Å². The molecule has 2 amide bonds. The summed E-state index contributed by atoms with van der Waals surface area (Å²) >= 11 is 0. The van der Waals surface area contributed by atoms with E-state index in [4.69, 9.17) is 28.3 Å². The van der Waals surface area contributed by atoms with Gasteiger partial charge < -0.3 is 28.3 Å². The van der Waals surface area contributed by atoms with E-state index in [0.717, 1.165) is 0 Å². The Morgan fingerprint density at radius 2 is 1.45 bits per heavy atom. The van der Waals surface area contributed by atoms with Gasteiger partial charge in [-0.1, -0.05) is 0 Å². The number of aromatic nitrogens is 1.